The number of likely N-dealkylation sites (tertiary alicyclic amines) is 1. The Morgan fingerprint density at radius 2 is 1.94 bits per heavy atom. The van der Waals surface area contributed by atoms with Crippen LogP contribution < -0.4 is 14.8 Å². The van der Waals surface area contributed by atoms with Crippen LogP contribution in [0.2, 0.25) is 5.02 Å². The first-order chi connectivity index (χ1) is 17.2. The molecule has 0 spiro atoms. The Bertz CT molecular complexity index is 1150. The molecule has 0 amide bonds. The lowest BCUT2D eigenvalue weighted by Crippen LogP contribution is -2.26. The second-order valence-corrected chi connectivity index (χ2v) is 9.38. The van der Waals surface area contributed by atoms with E-state index in [0.717, 1.165) is 36.9 Å². The van der Waals surface area contributed by atoms with Gasteiger partial charge in [-0.3, -0.25) is 0 Å². The minimum atomic E-state index is -0.472. The number of fused-ring (bicyclic) bond motifs is 1. The van der Waals surface area contributed by atoms with Gasteiger partial charge in [-0.2, -0.15) is 0 Å². The molecule has 2 saturated heterocycles. The molecule has 35 heavy (non-hydrogen) atoms. The zero-order valence-corrected chi connectivity index (χ0v) is 20.4. The van der Waals surface area contributed by atoms with E-state index in [1.54, 1.807) is 6.07 Å². The average molecular weight is 501 g/mol. The second kappa shape index (κ2) is 11.4. The van der Waals surface area contributed by atoms with Gasteiger partial charge < -0.3 is 24.4 Å². The maximum Gasteiger partial charge on any atom is 0.145 e. The lowest BCUT2D eigenvalue weighted by atomic mass is 10.1. The van der Waals surface area contributed by atoms with Crippen LogP contribution in [0, 0.1) is 5.82 Å². The Labute approximate surface area is 209 Å². The van der Waals surface area contributed by atoms with Crippen molar-refractivity contribution in [3.8, 4) is 11.5 Å². The molecule has 186 valence electrons. The van der Waals surface area contributed by atoms with Crippen LogP contribution in [0.3, 0.4) is 0 Å². The normalized spacial score (nSPS) is 17.1. The largest absolute Gasteiger partial charge is 0.493 e. The summed E-state index contributed by atoms with van der Waals surface area (Å²) in [5.41, 5.74) is 1.32. The minimum Gasteiger partial charge on any atom is -0.493 e. The van der Waals surface area contributed by atoms with Crippen LogP contribution in [0.1, 0.15) is 32.1 Å². The monoisotopic (exact) mass is 500 g/mol. The van der Waals surface area contributed by atoms with Crippen LogP contribution in [-0.4, -0.2) is 60.4 Å². The van der Waals surface area contributed by atoms with Crippen molar-refractivity contribution in [3.63, 3.8) is 0 Å². The van der Waals surface area contributed by atoms with Gasteiger partial charge in [-0.1, -0.05) is 11.6 Å². The van der Waals surface area contributed by atoms with Crippen molar-refractivity contribution in [2.75, 3.05) is 44.8 Å². The van der Waals surface area contributed by atoms with E-state index in [4.69, 9.17) is 25.8 Å². The second-order valence-electron chi connectivity index (χ2n) is 8.97. The summed E-state index contributed by atoms with van der Waals surface area (Å²) in [6, 6.07) is 8.29. The van der Waals surface area contributed by atoms with E-state index in [2.05, 4.69) is 20.2 Å². The predicted molar refractivity (Wildman–Crippen MR) is 134 cm³/mol. The Kier molecular flexibility index (Phi) is 7.81. The molecule has 2 aliphatic rings. The summed E-state index contributed by atoms with van der Waals surface area (Å²) in [5.74, 6) is 1.45. The third kappa shape index (κ3) is 6.12. The van der Waals surface area contributed by atoms with Gasteiger partial charge >= 0.3 is 0 Å². The fourth-order valence-electron chi connectivity index (χ4n) is 4.57. The fourth-order valence-corrected chi connectivity index (χ4v) is 4.75. The summed E-state index contributed by atoms with van der Waals surface area (Å²) >= 11 is 5.98. The van der Waals surface area contributed by atoms with Crippen LogP contribution >= 0.6 is 11.6 Å². The van der Waals surface area contributed by atoms with E-state index >= 15 is 0 Å². The number of hydrogen-bond donors (Lipinski definition) is 1. The lowest BCUT2D eigenvalue weighted by Gasteiger charge is -2.25. The molecular formula is C26H30ClFN4O3. The predicted octanol–water partition coefficient (Wildman–Crippen LogP) is 5.59. The molecule has 0 bridgehead atoms. The van der Waals surface area contributed by atoms with Crippen LogP contribution in [0.4, 0.5) is 15.9 Å². The quantitative estimate of drug-likeness (QED) is 0.384. The topological polar surface area (TPSA) is 68.7 Å². The molecule has 0 radical (unpaired) electrons. The van der Waals surface area contributed by atoms with Gasteiger partial charge in [0, 0.05) is 37.2 Å². The molecule has 0 saturated carbocycles. The number of hydrogen-bond acceptors (Lipinski definition) is 7. The van der Waals surface area contributed by atoms with Crippen LogP contribution in [-0.2, 0) is 4.74 Å². The Balaban J connectivity index is 1.40. The van der Waals surface area contributed by atoms with Gasteiger partial charge in [0.15, 0.2) is 0 Å². The number of nitrogens with one attached hydrogen (secondary N) is 1. The number of benzene rings is 2. The number of nitrogens with zero attached hydrogens (tertiary/aromatic N) is 3. The highest BCUT2D eigenvalue weighted by molar-refractivity contribution is 6.31. The summed E-state index contributed by atoms with van der Waals surface area (Å²) in [6.45, 7) is 5.39. The first-order valence-corrected chi connectivity index (χ1v) is 12.6. The summed E-state index contributed by atoms with van der Waals surface area (Å²) in [5, 5.41) is 4.02. The highest BCUT2D eigenvalue weighted by Crippen LogP contribution is 2.37. The fraction of sp³-hybridized carbons (Fsp3) is 0.462. The number of rotatable bonds is 9. The van der Waals surface area contributed by atoms with Crippen molar-refractivity contribution in [2.45, 2.75) is 38.2 Å². The zero-order valence-electron chi connectivity index (χ0n) is 19.6. The lowest BCUT2D eigenvalue weighted by molar-refractivity contribution is 0.0261. The zero-order chi connectivity index (χ0) is 24.0. The highest BCUT2D eigenvalue weighted by Gasteiger charge is 2.20. The van der Waals surface area contributed by atoms with E-state index in [9.17, 15) is 4.39 Å². The van der Waals surface area contributed by atoms with Crippen molar-refractivity contribution in [1.82, 2.24) is 14.9 Å². The number of anilines is 2. The molecule has 1 N–H and O–H groups in total. The van der Waals surface area contributed by atoms with Gasteiger partial charge in [-0.25, -0.2) is 14.4 Å². The summed E-state index contributed by atoms with van der Waals surface area (Å²) in [7, 11) is 0. The molecule has 2 aromatic carbocycles. The van der Waals surface area contributed by atoms with Gasteiger partial charge in [0.05, 0.1) is 35.7 Å². The van der Waals surface area contributed by atoms with Crippen LogP contribution in [0.5, 0.6) is 11.5 Å². The van der Waals surface area contributed by atoms with E-state index in [0.29, 0.717) is 42.6 Å². The van der Waals surface area contributed by atoms with E-state index in [1.807, 2.05) is 12.1 Å². The van der Waals surface area contributed by atoms with Crippen molar-refractivity contribution in [1.29, 1.82) is 0 Å². The summed E-state index contributed by atoms with van der Waals surface area (Å²) < 4.78 is 31.7. The Hall–Kier alpha value is -2.68. The summed E-state index contributed by atoms with van der Waals surface area (Å²) in [4.78, 5) is 11.4. The van der Waals surface area contributed by atoms with Crippen molar-refractivity contribution in [2.24, 2.45) is 0 Å². The molecule has 2 fully saturated rings. The maximum atomic E-state index is 13.6. The molecule has 0 unspecified atom stereocenters. The molecule has 9 heteroatoms. The molecule has 0 aliphatic carbocycles. The van der Waals surface area contributed by atoms with Crippen molar-refractivity contribution < 1.29 is 18.6 Å². The van der Waals surface area contributed by atoms with Crippen molar-refractivity contribution in [3.05, 3.63) is 47.5 Å². The van der Waals surface area contributed by atoms with E-state index in [-0.39, 0.29) is 11.1 Å². The third-order valence-corrected chi connectivity index (χ3v) is 6.70. The molecular weight excluding hydrogens is 471 g/mol. The van der Waals surface area contributed by atoms with Crippen LogP contribution in [0.25, 0.3) is 10.9 Å². The average Bonchev–Trinajstić information content (AvgIpc) is 3.38. The van der Waals surface area contributed by atoms with E-state index < -0.39 is 5.82 Å². The van der Waals surface area contributed by atoms with Crippen LogP contribution in [0.15, 0.2) is 36.7 Å². The third-order valence-electron chi connectivity index (χ3n) is 6.41. The minimum absolute atomic E-state index is 0.0330. The molecule has 3 aromatic rings. The summed E-state index contributed by atoms with van der Waals surface area (Å²) in [6.07, 6.45) is 6.70. The van der Waals surface area contributed by atoms with Gasteiger partial charge in [-0.15, -0.1) is 0 Å². The van der Waals surface area contributed by atoms with E-state index in [1.165, 1.54) is 44.4 Å². The standard InChI is InChI=1S/C26H30ClFN4O3/c27-21-14-18(4-5-22(21)28)31-26-25-23(29-17-30-26)15-20(34-11-3-10-32-8-1-2-9-32)16-24(25)35-19-6-12-33-13-7-19/h4-5,14-17,19H,1-3,6-13H2,(H,29,30,31). The molecule has 3 heterocycles. The smallest absolute Gasteiger partial charge is 0.145 e. The molecule has 0 atom stereocenters. The van der Waals surface area contributed by atoms with Gasteiger partial charge in [0.1, 0.15) is 35.6 Å². The number of halogens is 2. The SMILES string of the molecule is Fc1ccc(Nc2ncnc3cc(OCCCN4CCCC4)cc(OC4CCOCC4)c23)cc1Cl. The Morgan fingerprint density at radius 1 is 1.11 bits per heavy atom. The number of ether oxygens (including phenoxy) is 3. The van der Waals surface area contributed by atoms with Crippen molar-refractivity contribution >= 4 is 34.0 Å². The maximum absolute atomic E-state index is 13.6. The Morgan fingerprint density at radius 3 is 2.74 bits per heavy atom. The van der Waals surface area contributed by atoms with Gasteiger partial charge in [0.2, 0.25) is 0 Å². The van der Waals surface area contributed by atoms with Gasteiger partial charge in [-0.05, 0) is 50.6 Å². The highest BCUT2D eigenvalue weighted by atomic mass is 35.5. The molecule has 7 nitrogen and oxygen atoms in total. The molecule has 2 aliphatic heterocycles. The molecule has 5 rings (SSSR count). The first-order valence-electron chi connectivity index (χ1n) is 12.3. The number of aromatic nitrogens is 2. The first kappa shape index (κ1) is 24.0. The molecule has 1 aromatic heterocycles. The van der Waals surface area contributed by atoms with Gasteiger partial charge in [0.25, 0.3) is 0 Å².